The number of ether oxygens (including phenoxy) is 2. The highest BCUT2D eigenvalue weighted by Crippen LogP contribution is 2.20. The van der Waals surface area contributed by atoms with Crippen LogP contribution in [-0.4, -0.2) is 39.2 Å². The maximum absolute atomic E-state index is 11.9. The summed E-state index contributed by atoms with van der Waals surface area (Å²) in [6, 6.07) is 9.48. The molecule has 6 heteroatoms. The van der Waals surface area contributed by atoms with Gasteiger partial charge in [0.05, 0.1) is 26.8 Å². The Kier molecular flexibility index (Phi) is 6.39. The zero-order valence-corrected chi connectivity index (χ0v) is 14.4. The number of benzene rings is 2. The van der Waals surface area contributed by atoms with E-state index < -0.39 is 0 Å². The minimum Gasteiger partial charge on any atom is -0.872 e. The molecule has 0 amide bonds. The van der Waals surface area contributed by atoms with Crippen LogP contribution in [0.15, 0.2) is 46.4 Å². The average Bonchev–Trinajstić information content (AvgIpc) is 2.61. The monoisotopic (exact) mass is 340 g/mol. The third-order valence-electron chi connectivity index (χ3n) is 3.51. The molecule has 2 rings (SSSR count). The first-order valence-electron chi connectivity index (χ1n) is 7.76. The van der Waals surface area contributed by atoms with Gasteiger partial charge >= 0.3 is 0 Å². The molecule has 0 aliphatic carbocycles. The molecule has 0 heterocycles. The second-order valence-corrected chi connectivity index (χ2v) is 5.43. The van der Waals surface area contributed by atoms with Crippen LogP contribution in [0.1, 0.15) is 18.1 Å². The predicted octanol–water partition coefficient (Wildman–Crippen LogP) is 1.78. The fraction of sp³-hybridized carbons (Fsp3) is 0.263. The van der Waals surface area contributed by atoms with E-state index in [9.17, 15) is 10.2 Å². The van der Waals surface area contributed by atoms with Crippen LogP contribution in [0.3, 0.4) is 0 Å². The van der Waals surface area contributed by atoms with Gasteiger partial charge in [-0.25, -0.2) is 0 Å². The van der Waals surface area contributed by atoms with Crippen LogP contribution in [0.4, 0.5) is 0 Å². The number of nitrogens with zero attached hydrogens (tertiary/aromatic N) is 2. The largest absolute Gasteiger partial charge is 0.872 e. The van der Waals surface area contributed by atoms with Crippen molar-refractivity contribution in [2.24, 2.45) is 9.98 Å². The van der Waals surface area contributed by atoms with Gasteiger partial charge in [0.25, 0.3) is 0 Å². The molecule has 0 aliphatic heterocycles. The molecule has 0 radical (unpaired) electrons. The van der Waals surface area contributed by atoms with Crippen molar-refractivity contribution in [3.8, 4) is 23.0 Å². The summed E-state index contributed by atoms with van der Waals surface area (Å²) in [5, 5.41) is 23.7. The Hall–Kier alpha value is -3.02. The van der Waals surface area contributed by atoms with E-state index in [1.807, 2.05) is 6.92 Å². The summed E-state index contributed by atoms with van der Waals surface area (Å²) in [7, 11) is 3.02. The van der Waals surface area contributed by atoms with E-state index in [2.05, 4.69) is 9.98 Å². The molecule has 2 aromatic rings. The van der Waals surface area contributed by atoms with Crippen molar-refractivity contribution in [3.63, 3.8) is 0 Å². The smallest absolute Gasteiger partial charge is 0.118 e. The van der Waals surface area contributed by atoms with Crippen molar-refractivity contribution in [1.82, 2.24) is 0 Å². The van der Waals surface area contributed by atoms with Crippen LogP contribution in [0, 0.1) is 0 Å². The summed E-state index contributed by atoms with van der Waals surface area (Å²) in [6.07, 6.45) is 3.06. The molecule has 0 saturated heterocycles. The van der Waals surface area contributed by atoms with Gasteiger partial charge in [0.1, 0.15) is 11.5 Å². The number of rotatable bonds is 7. The molecule has 1 unspecified atom stereocenters. The van der Waals surface area contributed by atoms with Crippen molar-refractivity contribution in [3.05, 3.63) is 47.5 Å². The van der Waals surface area contributed by atoms with E-state index in [4.69, 9.17) is 9.47 Å². The van der Waals surface area contributed by atoms with Gasteiger partial charge in [-0.2, -0.15) is 0 Å². The van der Waals surface area contributed by atoms with Gasteiger partial charge in [0.15, 0.2) is 0 Å². The van der Waals surface area contributed by atoms with Crippen molar-refractivity contribution in [2.75, 3.05) is 20.8 Å². The lowest BCUT2D eigenvalue weighted by Gasteiger charge is -2.12. The Bertz CT molecular complexity index is 772. The van der Waals surface area contributed by atoms with Crippen molar-refractivity contribution < 1.29 is 19.7 Å². The van der Waals surface area contributed by atoms with E-state index >= 15 is 0 Å². The first-order valence-corrected chi connectivity index (χ1v) is 7.76. The van der Waals surface area contributed by atoms with Crippen molar-refractivity contribution in [1.29, 1.82) is 0 Å². The zero-order chi connectivity index (χ0) is 18.2. The molecule has 0 N–H and O–H groups in total. The quantitative estimate of drug-likeness (QED) is 0.719. The fourth-order valence-electron chi connectivity index (χ4n) is 2.05. The second-order valence-electron chi connectivity index (χ2n) is 5.43. The fourth-order valence-corrected chi connectivity index (χ4v) is 2.05. The molecular weight excluding hydrogens is 320 g/mol. The number of hydrogen-bond acceptors (Lipinski definition) is 6. The Labute approximate surface area is 147 Å². The highest BCUT2D eigenvalue weighted by molar-refractivity contribution is 5.84. The van der Waals surface area contributed by atoms with Gasteiger partial charge in [-0.05, 0) is 42.3 Å². The average molecular weight is 340 g/mol. The summed E-state index contributed by atoms with van der Waals surface area (Å²) in [5.74, 6) is 0.752. The SMILES string of the molecule is COc1ccc(C=NCC(C)N=Cc2ccc(OC)cc2[O-])c([O-])c1. The Morgan fingerprint density at radius 2 is 1.44 bits per heavy atom. The molecule has 2 aromatic carbocycles. The predicted molar refractivity (Wildman–Crippen MR) is 94.4 cm³/mol. The molecule has 0 fully saturated rings. The summed E-state index contributed by atoms with van der Waals surface area (Å²) < 4.78 is 9.99. The maximum Gasteiger partial charge on any atom is 0.118 e. The Balaban J connectivity index is 1.95. The lowest BCUT2D eigenvalue weighted by atomic mass is 10.2. The van der Waals surface area contributed by atoms with E-state index in [0.29, 0.717) is 29.2 Å². The molecule has 0 spiro atoms. The van der Waals surface area contributed by atoms with Gasteiger partial charge in [-0.15, -0.1) is 0 Å². The summed E-state index contributed by atoms with van der Waals surface area (Å²) in [5.41, 5.74) is 0.989. The summed E-state index contributed by atoms with van der Waals surface area (Å²) >= 11 is 0. The minimum absolute atomic E-state index is 0.119. The van der Waals surface area contributed by atoms with Gasteiger partial charge in [0.2, 0.25) is 0 Å². The normalized spacial score (nSPS) is 12.6. The molecular formula is C19H20N2O4-2. The lowest BCUT2D eigenvalue weighted by Crippen LogP contribution is -2.05. The van der Waals surface area contributed by atoms with E-state index in [1.54, 1.807) is 24.3 Å². The summed E-state index contributed by atoms with van der Waals surface area (Å²) in [4.78, 5) is 8.56. The third kappa shape index (κ3) is 5.24. The van der Waals surface area contributed by atoms with E-state index in [0.717, 1.165) is 0 Å². The first-order chi connectivity index (χ1) is 12.0. The zero-order valence-electron chi connectivity index (χ0n) is 14.4. The molecule has 0 aliphatic rings. The highest BCUT2D eigenvalue weighted by Gasteiger charge is 1.99. The van der Waals surface area contributed by atoms with Crippen LogP contribution in [-0.2, 0) is 0 Å². The van der Waals surface area contributed by atoms with Crippen LogP contribution in [0.2, 0.25) is 0 Å². The van der Waals surface area contributed by atoms with Gasteiger partial charge in [0, 0.05) is 12.4 Å². The lowest BCUT2D eigenvalue weighted by molar-refractivity contribution is -0.269. The van der Waals surface area contributed by atoms with Crippen LogP contribution >= 0.6 is 0 Å². The van der Waals surface area contributed by atoms with Gasteiger partial charge < -0.3 is 19.7 Å². The maximum atomic E-state index is 11.9. The number of methoxy groups -OCH3 is 2. The molecule has 25 heavy (non-hydrogen) atoms. The third-order valence-corrected chi connectivity index (χ3v) is 3.51. The Morgan fingerprint density at radius 1 is 0.920 bits per heavy atom. The molecule has 0 aromatic heterocycles. The topological polar surface area (TPSA) is 89.3 Å². The van der Waals surface area contributed by atoms with Crippen LogP contribution in [0.5, 0.6) is 23.0 Å². The molecule has 0 saturated carbocycles. The van der Waals surface area contributed by atoms with Crippen LogP contribution in [0.25, 0.3) is 0 Å². The van der Waals surface area contributed by atoms with Crippen LogP contribution < -0.4 is 19.7 Å². The summed E-state index contributed by atoms with van der Waals surface area (Å²) in [6.45, 7) is 2.29. The van der Waals surface area contributed by atoms with Crippen molar-refractivity contribution in [2.45, 2.75) is 13.0 Å². The molecule has 0 bridgehead atoms. The van der Waals surface area contributed by atoms with E-state index in [1.165, 1.54) is 38.8 Å². The van der Waals surface area contributed by atoms with E-state index in [-0.39, 0.29) is 17.5 Å². The Morgan fingerprint density at radius 3 is 1.92 bits per heavy atom. The highest BCUT2D eigenvalue weighted by atomic mass is 16.5. The second kappa shape index (κ2) is 8.73. The minimum atomic E-state index is -0.145. The van der Waals surface area contributed by atoms with Gasteiger partial charge in [-0.3, -0.25) is 9.98 Å². The molecule has 132 valence electrons. The van der Waals surface area contributed by atoms with Gasteiger partial charge in [-0.1, -0.05) is 23.6 Å². The molecule has 1 atom stereocenters. The number of hydrogen-bond donors (Lipinski definition) is 0. The molecule has 6 nitrogen and oxygen atoms in total. The standard InChI is InChI=1S/C19H22N2O4/c1-13(21-12-15-5-7-17(25-3)9-19(15)23)10-20-11-14-4-6-16(24-2)8-18(14)22/h4-9,11-13,22-23H,10H2,1-3H3/p-2. The number of aliphatic imine (C=N–C) groups is 2. The van der Waals surface area contributed by atoms with Crippen molar-refractivity contribution >= 4 is 12.4 Å². The first kappa shape index (κ1) is 18.3.